The summed E-state index contributed by atoms with van der Waals surface area (Å²) in [6, 6.07) is 4.15. The highest BCUT2D eigenvalue weighted by molar-refractivity contribution is 7.12. The maximum Gasteiger partial charge on any atom is 0.263 e. The molecule has 4 nitrogen and oxygen atoms in total. The average Bonchev–Trinajstić information content (AvgIpc) is 3.00. The number of likely N-dealkylation sites (tertiary alicyclic amines) is 1. The Morgan fingerprint density at radius 2 is 1.74 bits per heavy atom. The molecule has 1 aromatic heterocycles. The van der Waals surface area contributed by atoms with Crippen molar-refractivity contribution in [1.29, 1.82) is 0 Å². The van der Waals surface area contributed by atoms with Crippen LogP contribution in [0.15, 0.2) is 17.5 Å². The molecule has 0 atom stereocenters. The van der Waals surface area contributed by atoms with Crippen molar-refractivity contribution in [3.63, 3.8) is 0 Å². The smallest absolute Gasteiger partial charge is 0.263 e. The van der Waals surface area contributed by atoms with Gasteiger partial charge in [0.05, 0.1) is 4.88 Å². The van der Waals surface area contributed by atoms with E-state index in [9.17, 15) is 9.59 Å². The molecule has 23 heavy (non-hydrogen) atoms. The molecule has 1 aliphatic heterocycles. The van der Waals surface area contributed by atoms with Gasteiger partial charge in [-0.1, -0.05) is 31.7 Å². The van der Waals surface area contributed by atoms with Gasteiger partial charge in [0, 0.05) is 25.0 Å². The Kier molecular flexibility index (Phi) is 5.70. The van der Waals surface area contributed by atoms with E-state index in [-0.39, 0.29) is 17.7 Å². The Morgan fingerprint density at radius 1 is 1.04 bits per heavy atom. The molecule has 0 spiro atoms. The molecule has 1 saturated heterocycles. The van der Waals surface area contributed by atoms with E-state index >= 15 is 0 Å². The second-order valence-corrected chi connectivity index (χ2v) is 7.69. The van der Waals surface area contributed by atoms with Crippen LogP contribution >= 0.6 is 11.3 Å². The maximum absolute atomic E-state index is 12.5. The van der Waals surface area contributed by atoms with Crippen LogP contribution in [-0.4, -0.2) is 35.8 Å². The van der Waals surface area contributed by atoms with Gasteiger partial charge in [0.1, 0.15) is 0 Å². The van der Waals surface area contributed by atoms with Gasteiger partial charge in [-0.3, -0.25) is 9.59 Å². The molecule has 0 radical (unpaired) electrons. The summed E-state index contributed by atoms with van der Waals surface area (Å²) in [4.78, 5) is 27.5. The number of rotatable bonds is 3. The first-order valence-corrected chi connectivity index (χ1v) is 9.75. The van der Waals surface area contributed by atoms with Crippen molar-refractivity contribution in [2.24, 2.45) is 5.92 Å². The molecule has 0 bridgehead atoms. The van der Waals surface area contributed by atoms with E-state index in [4.69, 9.17) is 0 Å². The summed E-state index contributed by atoms with van der Waals surface area (Å²) in [5.74, 6) is 0.397. The molecule has 2 amide bonds. The number of carbonyl (C=O) groups is 2. The van der Waals surface area contributed by atoms with Crippen LogP contribution in [0.4, 0.5) is 0 Å². The SMILES string of the molecule is O=C(NC1CCCCCC1)C1CCN(C(=O)c2cccs2)CC1. The van der Waals surface area contributed by atoms with Crippen molar-refractivity contribution in [1.82, 2.24) is 10.2 Å². The van der Waals surface area contributed by atoms with Crippen molar-refractivity contribution in [3.05, 3.63) is 22.4 Å². The van der Waals surface area contributed by atoms with E-state index in [1.54, 1.807) is 0 Å². The minimum atomic E-state index is 0.0747. The minimum absolute atomic E-state index is 0.0747. The lowest BCUT2D eigenvalue weighted by Gasteiger charge is -2.32. The van der Waals surface area contributed by atoms with Crippen molar-refractivity contribution < 1.29 is 9.59 Å². The lowest BCUT2D eigenvalue weighted by atomic mass is 9.95. The molecule has 0 aromatic carbocycles. The van der Waals surface area contributed by atoms with E-state index in [0.717, 1.165) is 30.6 Å². The summed E-state index contributed by atoms with van der Waals surface area (Å²) < 4.78 is 0. The first-order chi connectivity index (χ1) is 11.2. The monoisotopic (exact) mass is 334 g/mol. The molecule has 3 rings (SSSR count). The first-order valence-electron chi connectivity index (χ1n) is 8.87. The third kappa shape index (κ3) is 4.34. The zero-order valence-corrected chi connectivity index (χ0v) is 14.4. The van der Waals surface area contributed by atoms with Gasteiger partial charge in [-0.05, 0) is 37.1 Å². The molecule has 0 unspecified atom stereocenters. The van der Waals surface area contributed by atoms with Crippen molar-refractivity contribution in [2.75, 3.05) is 13.1 Å². The second-order valence-electron chi connectivity index (χ2n) is 6.74. The first kappa shape index (κ1) is 16.5. The number of nitrogens with one attached hydrogen (secondary N) is 1. The number of amides is 2. The Balaban J connectivity index is 1.46. The number of thiophene rings is 1. The summed E-state index contributed by atoms with van der Waals surface area (Å²) in [6.07, 6.45) is 8.90. The zero-order chi connectivity index (χ0) is 16.1. The second kappa shape index (κ2) is 7.95. The van der Waals surface area contributed by atoms with Crippen molar-refractivity contribution >= 4 is 23.2 Å². The lowest BCUT2D eigenvalue weighted by Crippen LogP contribution is -2.45. The topological polar surface area (TPSA) is 49.4 Å². The van der Waals surface area contributed by atoms with Gasteiger partial charge >= 0.3 is 0 Å². The van der Waals surface area contributed by atoms with Crippen LogP contribution < -0.4 is 5.32 Å². The fourth-order valence-corrected chi connectivity index (χ4v) is 4.33. The van der Waals surface area contributed by atoms with Crippen molar-refractivity contribution in [2.45, 2.75) is 57.4 Å². The summed E-state index contributed by atoms with van der Waals surface area (Å²) in [5, 5.41) is 5.19. The summed E-state index contributed by atoms with van der Waals surface area (Å²) in [7, 11) is 0. The van der Waals surface area contributed by atoms with Crippen LogP contribution in [0.1, 0.15) is 61.0 Å². The highest BCUT2D eigenvalue weighted by atomic mass is 32.1. The maximum atomic E-state index is 12.5. The number of hydrogen-bond donors (Lipinski definition) is 1. The quantitative estimate of drug-likeness (QED) is 0.861. The van der Waals surface area contributed by atoms with E-state index < -0.39 is 0 Å². The molecule has 1 N–H and O–H groups in total. The Morgan fingerprint density at radius 3 is 2.35 bits per heavy atom. The van der Waals surface area contributed by atoms with Gasteiger partial charge in [0.2, 0.25) is 5.91 Å². The molecule has 5 heteroatoms. The fraction of sp³-hybridized carbons (Fsp3) is 0.667. The van der Waals surface area contributed by atoms with E-state index in [1.165, 1.54) is 37.0 Å². The number of nitrogens with zero attached hydrogens (tertiary/aromatic N) is 1. The van der Waals surface area contributed by atoms with Gasteiger partial charge in [-0.25, -0.2) is 0 Å². The summed E-state index contributed by atoms with van der Waals surface area (Å²) in [6.45, 7) is 1.39. The van der Waals surface area contributed by atoms with Crippen LogP contribution in [0.5, 0.6) is 0 Å². The van der Waals surface area contributed by atoms with E-state index in [1.807, 2.05) is 22.4 Å². The molecular weight excluding hydrogens is 308 g/mol. The molecule has 1 saturated carbocycles. The average molecular weight is 334 g/mol. The van der Waals surface area contributed by atoms with Crippen LogP contribution in [0.2, 0.25) is 0 Å². The highest BCUT2D eigenvalue weighted by Gasteiger charge is 2.29. The minimum Gasteiger partial charge on any atom is -0.353 e. The lowest BCUT2D eigenvalue weighted by molar-refractivity contribution is -0.127. The number of carbonyl (C=O) groups excluding carboxylic acids is 2. The highest BCUT2D eigenvalue weighted by Crippen LogP contribution is 2.22. The van der Waals surface area contributed by atoms with Gasteiger partial charge in [-0.2, -0.15) is 0 Å². The van der Waals surface area contributed by atoms with Crippen LogP contribution in [-0.2, 0) is 4.79 Å². The Hall–Kier alpha value is -1.36. The van der Waals surface area contributed by atoms with Gasteiger partial charge < -0.3 is 10.2 Å². The Labute approximate surface area is 142 Å². The third-order valence-electron chi connectivity index (χ3n) is 5.09. The summed E-state index contributed by atoms with van der Waals surface area (Å²) >= 11 is 1.49. The van der Waals surface area contributed by atoms with Crippen LogP contribution in [0.25, 0.3) is 0 Å². The fourth-order valence-electron chi connectivity index (χ4n) is 3.64. The van der Waals surface area contributed by atoms with Gasteiger partial charge in [0.15, 0.2) is 0 Å². The Bertz CT molecular complexity index is 513. The normalized spacial score (nSPS) is 21.0. The van der Waals surface area contributed by atoms with Crippen LogP contribution in [0, 0.1) is 5.92 Å². The van der Waals surface area contributed by atoms with Gasteiger partial charge in [0.25, 0.3) is 5.91 Å². The predicted octanol–water partition coefficient (Wildman–Crippen LogP) is 3.44. The molecule has 1 aromatic rings. The molecule has 2 fully saturated rings. The molecule has 1 aliphatic carbocycles. The largest absolute Gasteiger partial charge is 0.353 e. The molecule has 2 aliphatic rings. The number of hydrogen-bond acceptors (Lipinski definition) is 3. The molecule has 126 valence electrons. The zero-order valence-electron chi connectivity index (χ0n) is 13.6. The summed E-state index contributed by atoms with van der Waals surface area (Å²) in [5.41, 5.74) is 0. The van der Waals surface area contributed by atoms with Gasteiger partial charge in [-0.15, -0.1) is 11.3 Å². The molecule has 2 heterocycles. The van der Waals surface area contributed by atoms with E-state index in [2.05, 4.69) is 5.32 Å². The van der Waals surface area contributed by atoms with E-state index in [0.29, 0.717) is 19.1 Å². The van der Waals surface area contributed by atoms with Crippen LogP contribution in [0.3, 0.4) is 0 Å². The predicted molar refractivity (Wildman–Crippen MR) is 92.6 cm³/mol. The molecular formula is C18H26N2O2S. The van der Waals surface area contributed by atoms with Crippen molar-refractivity contribution in [3.8, 4) is 0 Å². The number of piperidine rings is 1. The third-order valence-corrected chi connectivity index (χ3v) is 5.94. The standard InChI is InChI=1S/C18H26N2O2S/c21-17(19-15-6-3-1-2-4-7-15)14-9-11-20(12-10-14)18(22)16-8-5-13-23-16/h5,8,13-15H,1-4,6-7,9-12H2,(H,19,21).